The lowest BCUT2D eigenvalue weighted by molar-refractivity contribution is -0.346. The first-order valence-electron chi connectivity index (χ1n) is 43.3. The summed E-state index contributed by atoms with van der Waals surface area (Å²) in [5.41, 5.74) is -7.86. The third-order valence-corrected chi connectivity index (χ3v) is 25.4. The van der Waals surface area contributed by atoms with Gasteiger partial charge in [0.1, 0.15) is 84.7 Å². The molecule has 3 aromatic rings. The molecule has 4 fully saturated rings. The number of carbonyl (C=O) groups excluding carboxylic acids is 17. The SMILES string of the molecule is CC[C@H](C)[C@H](NC(=O)CNC(=O)[C@H](CCSC)NC(=O)[C@@H]1CCCN1C(=O)CNC(C)=O)C(=O)N[C@@H](C)C(=O)NCC(=O)N[C@@H](CCC(N)=O)C(=O)N[C@@H](CC(C)C)C(=O)Nc1ccc(COC(=O)O[C@@H](C(=O)O[C@H]2C[C@@]3(O)[C@@H](OC(=O)c4cccc(F)c4)[C@@H]4[C@]5(OC(C)=O)CO[C@@H]5C[C@H](O)[C@@]4(C)C(=O)[C@H](O)C(=C2C)C3(C)C)[C@@H](NC(=O)OC(C)(C)C(F)(F)F)c2ccccc2)cc1. The second-order valence-electron chi connectivity index (χ2n) is 35.3. The highest BCUT2D eigenvalue weighted by atomic mass is 32.2. The normalized spacial score (nSPS) is 23.6. The Kier molecular flexibility index (Phi) is 36.2. The van der Waals surface area contributed by atoms with Gasteiger partial charge in [0.05, 0.1) is 49.2 Å². The van der Waals surface area contributed by atoms with Gasteiger partial charge in [-0.05, 0) is 143 Å². The lowest BCUT2D eigenvalue weighted by Gasteiger charge is -2.67. The van der Waals surface area contributed by atoms with E-state index in [2.05, 4.69) is 53.2 Å². The topological polar surface area (TPSA) is 565 Å². The number of Topliss-reactive ketones (excluding diaryl/α,β-unsaturated/α-hetero) is 1. The maximum atomic E-state index is 15.5. The van der Waals surface area contributed by atoms with Gasteiger partial charge in [0.15, 0.2) is 11.4 Å². The molecule has 2 saturated heterocycles. The molecule has 730 valence electrons. The van der Waals surface area contributed by atoms with Gasteiger partial charge < -0.3 is 112 Å². The van der Waals surface area contributed by atoms with Crippen LogP contribution in [0.4, 0.5) is 32.8 Å². The van der Waals surface area contributed by atoms with Crippen molar-refractivity contribution in [2.75, 3.05) is 50.1 Å². The lowest BCUT2D eigenvalue weighted by atomic mass is 9.44. The molecule has 15 N–H and O–H groups in total. The number of halogens is 4. The smallest absolute Gasteiger partial charge is 0.455 e. The van der Waals surface area contributed by atoms with E-state index in [0.29, 0.717) is 38.9 Å². The van der Waals surface area contributed by atoms with Crippen LogP contribution in [0, 0.1) is 34.4 Å². The maximum absolute atomic E-state index is 15.5. The number of anilines is 1. The van der Waals surface area contributed by atoms with Crippen molar-refractivity contribution in [1.82, 2.24) is 52.8 Å². The number of likely N-dealkylation sites (tertiary alicyclic amines) is 1. The van der Waals surface area contributed by atoms with E-state index in [1.54, 1.807) is 34.0 Å². The molecule has 39 nitrogen and oxygen atoms in total. The minimum absolute atomic E-state index is 0.0287. The van der Waals surface area contributed by atoms with E-state index in [4.69, 9.17) is 38.9 Å². The summed E-state index contributed by atoms with van der Waals surface area (Å²) in [5.74, 6) is -16.8. The number of amides is 12. The summed E-state index contributed by atoms with van der Waals surface area (Å²) in [5, 5.41) is 63.5. The van der Waals surface area contributed by atoms with Crippen molar-refractivity contribution < 1.29 is 148 Å². The van der Waals surface area contributed by atoms with Crippen LogP contribution in [0.25, 0.3) is 0 Å². The van der Waals surface area contributed by atoms with Crippen LogP contribution in [0.1, 0.15) is 175 Å². The monoisotopic (exact) mass is 1890 g/mol. The highest BCUT2D eigenvalue weighted by Gasteiger charge is 2.78. The van der Waals surface area contributed by atoms with Crippen LogP contribution in [0.5, 0.6) is 0 Å². The van der Waals surface area contributed by atoms with E-state index in [9.17, 15) is 105 Å². The Morgan fingerprint density at radius 3 is 1.98 bits per heavy atom. The zero-order valence-electron chi connectivity index (χ0n) is 76.1. The number of aliphatic hydroxyl groups excluding tert-OH is 2. The summed E-state index contributed by atoms with van der Waals surface area (Å²) in [4.78, 5) is 234. The van der Waals surface area contributed by atoms with Crippen LogP contribution in [-0.4, -0.2) is 262 Å². The quantitative estimate of drug-likeness (QED) is 0.0168. The van der Waals surface area contributed by atoms with Gasteiger partial charge in [0.25, 0.3) is 0 Å². The van der Waals surface area contributed by atoms with Gasteiger partial charge in [-0.2, -0.15) is 24.9 Å². The minimum Gasteiger partial charge on any atom is -0.455 e. The molecule has 0 aromatic heterocycles. The van der Waals surface area contributed by atoms with Crippen molar-refractivity contribution in [3.05, 3.63) is 113 Å². The van der Waals surface area contributed by atoms with Crippen LogP contribution in [-0.2, 0) is 107 Å². The fraction of sp³-hybridized carbons (Fsp3) is 0.584. The fourth-order valence-corrected chi connectivity index (χ4v) is 17.5. The molecule has 3 aliphatic carbocycles. The second kappa shape index (κ2) is 45.2. The average Bonchev–Trinajstić information content (AvgIpc) is 1.60. The van der Waals surface area contributed by atoms with E-state index in [0.717, 1.165) is 31.2 Å². The third-order valence-electron chi connectivity index (χ3n) is 24.7. The number of hydrogen-bond acceptors (Lipinski definition) is 28. The van der Waals surface area contributed by atoms with Crippen LogP contribution < -0.4 is 58.9 Å². The zero-order valence-corrected chi connectivity index (χ0v) is 77.0. The molecule has 2 aliphatic heterocycles. The molecule has 0 spiro atoms. The highest BCUT2D eigenvalue weighted by Crippen LogP contribution is 2.64. The van der Waals surface area contributed by atoms with Crippen molar-refractivity contribution in [2.45, 2.75) is 256 Å². The zero-order chi connectivity index (χ0) is 98.9. The Labute approximate surface area is 768 Å². The predicted molar refractivity (Wildman–Crippen MR) is 463 cm³/mol. The molecule has 12 amide bonds. The van der Waals surface area contributed by atoms with Gasteiger partial charge in [-0.3, -0.25) is 62.3 Å². The molecule has 8 rings (SSSR count). The molecule has 133 heavy (non-hydrogen) atoms. The van der Waals surface area contributed by atoms with Gasteiger partial charge >= 0.3 is 36.3 Å². The third kappa shape index (κ3) is 25.9. The fourth-order valence-electron chi connectivity index (χ4n) is 17.0. The molecule has 18 atom stereocenters. The summed E-state index contributed by atoms with van der Waals surface area (Å²) in [6, 6.07) is 6.46. The van der Waals surface area contributed by atoms with Gasteiger partial charge in [-0.25, -0.2) is 23.6 Å². The number of nitrogens with zero attached hydrogens (tertiary/aromatic N) is 1. The Hall–Kier alpha value is -11.9. The first-order chi connectivity index (χ1) is 62.2. The Bertz CT molecular complexity index is 4870. The number of fused-ring (bicyclic) bond motifs is 5. The first-order valence-corrected chi connectivity index (χ1v) is 44.7. The number of esters is 3. The van der Waals surface area contributed by atoms with Gasteiger partial charge in [-0.15, -0.1) is 0 Å². The number of rotatable bonds is 40. The molecule has 2 saturated carbocycles. The number of nitrogens with two attached hydrogens (primary N) is 1. The van der Waals surface area contributed by atoms with Gasteiger partial charge in [0.2, 0.25) is 76.7 Å². The van der Waals surface area contributed by atoms with Crippen molar-refractivity contribution in [2.24, 2.45) is 34.3 Å². The Balaban J connectivity index is 0.946. The summed E-state index contributed by atoms with van der Waals surface area (Å²) in [7, 11) is 0. The maximum Gasteiger partial charge on any atom is 0.509 e. The van der Waals surface area contributed by atoms with Crippen LogP contribution in [0.3, 0.4) is 0 Å². The molecule has 5 aliphatic rings. The number of aliphatic hydroxyl groups is 3. The van der Waals surface area contributed by atoms with Crippen molar-refractivity contribution in [3.63, 3.8) is 0 Å². The Morgan fingerprint density at radius 2 is 1.39 bits per heavy atom. The molecular formula is C89H118F4N12O27S. The number of nitrogens with one attached hydrogen (secondary N) is 10. The molecular weight excluding hydrogens is 1780 g/mol. The summed E-state index contributed by atoms with van der Waals surface area (Å²) in [6.07, 6.45) is -20.0. The van der Waals surface area contributed by atoms with Gasteiger partial charge in [-0.1, -0.05) is 96.5 Å². The number of carbonyl (C=O) groups is 17. The van der Waals surface area contributed by atoms with Crippen LogP contribution in [0.2, 0.25) is 0 Å². The number of alkyl carbamates (subject to hydrolysis) is 1. The number of ether oxygens (including phenoxy) is 7. The van der Waals surface area contributed by atoms with Crippen LogP contribution in [0.15, 0.2) is 90.0 Å². The standard InChI is InChI=1S/C89H118F4N12O27S/c1-15-45(4)67(103-64(111)40-97-75(116)56(32-34-133-14)101-78(119)58-25-20-33-105(58)65(112)41-95-48(7)106)79(120)98-47(6)74(115)96-39-63(110)100-55(30-31-62(94)109)76(117)102-57(35-44(2)3)77(118)99-54-28-26-50(27-29-54)42-126-83(124)129-70(68(51-21-17-16-18-22-51)104-82(123)132-85(11,12)89(91,92)93)81(122)128-59-38-88(125)73(130-80(121)52-23-19-24-53(90)36-52)71-86(13,72(114)69(113)66(46(59)5)84(88,9)10)60(108)37-61-87(71,43-127-61)131-49(8)107/h16-19,21-24,26-29,36,44-45,47,55-61,67-71,73,108,113,125H,15,20,25,30-35,37-43H2,1-14H3,(H2,94,109)(H,95,106)(H,96,115)(H,97,116)(H,98,120)(H,99,118)(H,100,110)(H,101,119)(H,102,117)(H,103,111)(H,104,123)/t45-,47-,55-,56-,57-,58-,59-,60-,61+,67-,68-,69+,70+,71-,73-,86+,87-,88+/m0/s1. The molecule has 2 bridgehead atoms. The van der Waals surface area contributed by atoms with Gasteiger partial charge in [0, 0.05) is 50.8 Å². The summed E-state index contributed by atoms with van der Waals surface area (Å²) in [6.45, 7) is 13.8. The number of ketones is 1. The highest BCUT2D eigenvalue weighted by molar-refractivity contribution is 7.98. The van der Waals surface area contributed by atoms with Crippen molar-refractivity contribution in [3.8, 4) is 0 Å². The summed E-state index contributed by atoms with van der Waals surface area (Å²) >= 11 is 1.39. The number of hydrogen-bond donors (Lipinski definition) is 14. The minimum atomic E-state index is -5.20. The largest absolute Gasteiger partial charge is 0.509 e. The molecule has 3 aromatic carbocycles. The van der Waals surface area contributed by atoms with Crippen LogP contribution >= 0.6 is 11.8 Å². The van der Waals surface area contributed by atoms with E-state index in [1.807, 2.05) is 0 Å². The van der Waals surface area contributed by atoms with E-state index >= 15 is 9.59 Å². The summed E-state index contributed by atoms with van der Waals surface area (Å²) < 4.78 is 98.5. The lowest BCUT2D eigenvalue weighted by Crippen LogP contribution is -2.81. The molecule has 0 unspecified atom stereocenters. The molecule has 2 heterocycles. The molecule has 0 radical (unpaired) electrons. The van der Waals surface area contributed by atoms with Crippen molar-refractivity contribution in [1.29, 1.82) is 0 Å². The number of benzene rings is 3. The van der Waals surface area contributed by atoms with E-state index in [1.165, 1.54) is 113 Å². The predicted octanol–water partition coefficient (Wildman–Crippen LogP) is 3.15. The van der Waals surface area contributed by atoms with Crippen molar-refractivity contribution >= 4 is 118 Å². The molecule has 44 heteroatoms. The Morgan fingerprint density at radius 1 is 0.744 bits per heavy atom. The van der Waals surface area contributed by atoms with E-state index < -0.39 is 289 Å². The second-order valence-corrected chi connectivity index (χ2v) is 36.3. The van der Waals surface area contributed by atoms with E-state index in [-0.39, 0.29) is 59.8 Å². The average molecular weight is 1900 g/mol. The number of alkyl halides is 3. The number of thioether (sulfide) groups is 1. The number of primary amides is 1. The first kappa shape index (κ1) is 106.